The predicted octanol–water partition coefficient (Wildman–Crippen LogP) is 5.24. The molecule has 2 aromatic rings. The van der Waals surface area contributed by atoms with Gasteiger partial charge in [0.15, 0.2) is 0 Å². The number of nitrogens with zero attached hydrogens (tertiary/aromatic N) is 3. The molecule has 1 aliphatic rings. The number of hydroxylamine groups is 2. The molecule has 1 fully saturated rings. The number of likely N-dealkylation sites (tertiary alicyclic amines) is 1. The van der Waals surface area contributed by atoms with Crippen LogP contribution in [-0.4, -0.2) is 47.3 Å². The van der Waals surface area contributed by atoms with Crippen molar-refractivity contribution in [2.45, 2.75) is 65.5 Å². The van der Waals surface area contributed by atoms with Crippen LogP contribution >= 0.6 is 0 Å². The molecule has 27 heavy (non-hydrogen) atoms. The van der Waals surface area contributed by atoms with Crippen LogP contribution in [0.3, 0.4) is 0 Å². The Labute approximate surface area is 165 Å². The van der Waals surface area contributed by atoms with Gasteiger partial charge >= 0.3 is 0 Å². The van der Waals surface area contributed by atoms with Gasteiger partial charge in [0, 0.05) is 43.9 Å². The van der Waals surface area contributed by atoms with E-state index in [-0.39, 0.29) is 0 Å². The highest BCUT2D eigenvalue weighted by Crippen LogP contribution is 2.28. The van der Waals surface area contributed by atoms with Crippen molar-refractivity contribution in [3.05, 3.63) is 36.0 Å². The van der Waals surface area contributed by atoms with E-state index >= 15 is 0 Å². The lowest BCUT2D eigenvalue weighted by molar-refractivity contribution is -0.162. The lowest BCUT2D eigenvalue weighted by Crippen LogP contribution is -2.34. The second kappa shape index (κ2) is 10.3. The van der Waals surface area contributed by atoms with E-state index in [1.807, 2.05) is 0 Å². The fourth-order valence-corrected chi connectivity index (χ4v) is 4.24. The first kappa shape index (κ1) is 20.4. The van der Waals surface area contributed by atoms with Crippen molar-refractivity contribution in [3.63, 3.8) is 0 Å². The summed E-state index contributed by atoms with van der Waals surface area (Å²) in [6, 6.07) is 9.82. The molecule has 4 heteroatoms. The van der Waals surface area contributed by atoms with Crippen molar-refractivity contribution < 1.29 is 4.84 Å². The second-order valence-electron chi connectivity index (χ2n) is 7.77. The summed E-state index contributed by atoms with van der Waals surface area (Å²) in [5.41, 5.74) is 2.73. The average molecular weight is 372 g/mol. The normalized spacial score (nSPS) is 16.6. The monoisotopic (exact) mass is 371 g/mol. The smallest absolute Gasteiger partial charge is 0.0657 e. The Balaban J connectivity index is 1.72. The number of aromatic nitrogens is 1. The van der Waals surface area contributed by atoms with E-state index in [9.17, 15) is 0 Å². The lowest BCUT2D eigenvalue weighted by atomic mass is 10.0. The maximum atomic E-state index is 5.88. The molecule has 0 aliphatic carbocycles. The molecule has 0 unspecified atom stereocenters. The number of piperidine rings is 1. The van der Waals surface area contributed by atoms with Gasteiger partial charge in [0.2, 0.25) is 0 Å². The van der Waals surface area contributed by atoms with E-state index in [4.69, 9.17) is 4.84 Å². The number of unbranched alkanes of at least 4 members (excludes halogenated alkanes) is 2. The number of fused-ring (bicyclic) bond motifs is 1. The van der Waals surface area contributed by atoms with Crippen molar-refractivity contribution >= 4 is 10.9 Å². The van der Waals surface area contributed by atoms with Gasteiger partial charge in [0.1, 0.15) is 0 Å². The van der Waals surface area contributed by atoms with Crippen molar-refractivity contribution in [3.8, 4) is 0 Å². The minimum absolute atomic E-state index is 0.632. The predicted molar refractivity (Wildman–Crippen MR) is 114 cm³/mol. The molecule has 0 N–H and O–H groups in total. The molecule has 1 aromatic carbocycles. The van der Waals surface area contributed by atoms with Gasteiger partial charge in [-0.1, -0.05) is 38.8 Å². The Bertz CT molecular complexity index is 688. The summed E-state index contributed by atoms with van der Waals surface area (Å²) in [6.07, 6.45) is 8.51. The van der Waals surface area contributed by atoms with Gasteiger partial charge in [-0.25, -0.2) is 0 Å². The Hall–Kier alpha value is -1.36. The Kier molecular flexibility index (Phi) is 7.74. The molecular weight excluding hydrogens is 334 g/mol. The molecule has 150 valence electrons. The van der Waals surface area contributed by atoms with Gasteiger partial charge in [0.05, 0.1) is 6.61 Å². The third kappa shape index (κ3) is 5.34. The standard InChI is InChI=1S/C23H37N3O/c1-4-7-8-14-25(27-6-3)19-20-9-10-21-11-17-26(23(21)18-20)22-12-15-24(5-2)16-13-22/h9-11,17-18,22H,4-8,12-16,19H2,1-3H3. The molecule has 0 spiro atoms. The zero-order valence-corrected chi connectivity index (χ0v) is 17.5. The molecule has 4 nitrogen and oxygen atoms in total. The number of hydrogen-bond acceptors (Lipinski definition) is 3. The average Bonchev–Trinajstić information content (AvgIpc) is 3.11. The van der Waals surface area contributed by atoms with E-state index in [0.29, 0.717) is 6.04 Å². The Morgan fingerprint density at radius 2 is 1.89 bits per heavy atom. The van der Waals surface area contributed by atoms with Gasteiger partial charge in [0.25, 0.3) is 0 Å². The number of hydrogen-bond donors (Lipinski definition) is 0. The third-order valence-corrected chi connectivity index (χ3v) is 5.87. The minimum atomic E-state index is 0.632. The third-order valence-electron chi connectivity index (χ3n) is 5.87. The SMILES string of the molecule is CCCCCN(Cc1ccc2ccn(C3CCN(CC)CC3)c2c1)OCC. The molecule has 2 heterocycles. The van der Waals surface area contributed by atoms with E-state index in [1.165, 1.54) is 68.2 Å². The number of benzene rings is 1. The molecule has 1 aliphatic heterocycles. The summed E-state index contributed by atoms with van der Waals surface area (Å²) in [5.74, 6) is 0. The first-order chi connectivity index (χ1) is 13.2. The van der Waals surface area contributed by atoms with Crippen LogP contribution in [0.4, 0.5) is 0 Å². The summed E-state index contributed by atoms with van der Waals surface area (Å²) >= 11 is 0. The first-order valence-corrected chi connectivity index (χ1v) is 10.9. The van der Waals surface area contributed by atoms with Crippen LogP contribution in [0.15, 0.2) is 30.5 Å². The summed E-state index contributed by atoms with van der Waals surface area (Å²) < 4.78 is 2.52. The van der Waals surface area contributed by atoms with E-state index in [0.717, 1.165) is 19.7 Å². The highest BCUT2D eigenvalue weighted by molar-refractivity contribution is 5.81. The summed E-state index contributed by atoms with van der Waals surface area (Å²) in [5, 5.41) is 3.50. The van der Waals surface area contributed by atoms with E-state index in [2.05, 4.69) is 65.8 Å². The van der Waals surface area contributed by atoms with E-state index in [1.54, 1.807) is 0 Å². The van der Waals surface area contributed by atoms with Crippen molar-refractivity contribution in [2.75, 3.05) is 32.8 Å². The summed E-state index contributed by atoms with van der Waals surface area (Å²) in [6.45, 7) is 12.8. The van der Waals surface area contributed by atoms with Gasteiger partial charge in [-0.15, -0.1) is 0 Å². The highest BCUT2D eigenvalue weighted by atomic mass is 16.7. The maximum absolute atomic E-state index is 5.88. The van der Waals surface area contributed by atoms with Crippen LogP contribution in [0, 0.1) is 0 Å². The molecule has 3 rings (SSSR count). The van der Waals surface area contributed by atoms with E-state index < -0.39 is 0 Å². The van der Waals surface area contributed by atoms with Crippen LogP contribution in [0.25, 0.3) is 10.9 Å². The quantitative estimate of drug-likeness (QED) is 0.421. The molecule has 0 bridgehead atoms. The van der Waals surface area contributed by atoms with Crippen LogP contribution < -0.4 is 0 Å². The topological polar surface area (TPSA) is 20.6 Å². The number of rotatable bonds is 10. The maximum Gasteiger partial charge on any atom is 0.0657 e. The zero-order chi connectivity index (χ0) is 19.1. The molecule has 0 atom stereocenters. The first-order valence-electron chi connectivity index (χ1n) is 10.9. The van der Waals surface area contributed by atoms with Crippen molar-refractivity contribution in [2.24, 2.45) is 0 Å². The van der Waals surface area contributed by atoms with Crippen LogP contribution in [0.1, 0.15) is 64.5 Å². The van der Waals surface area contributed by atoms with Crippen LogP contribution in [0.2, 0.25) is 0 Å². The Morgan fingerprint density at radius 1 is 1.07 bits per heavy atom. The fraction of sp³-hybridized carbons (Fsp3) is 0.652. The van der Waals surface area contributed by atoms with Crippen molar-refractivity contribution in [1.82, 2.24) is 14.5 Å². The van der Waals surface area contributed by atoms with Gasteiger partial charge in [-0.2, -0.15) is 5.06 Å². The van der Waals surface area contributed by atoms with Gasteiger partial charge < -0.3 is 9.47 Å². The van der Waals surface area contributed by atoms with Crippen LogP contribution in [0.5, 0.6) is 0 Å². The largest absolute Gasteiger partial charge is 0.344 e. The zero-order valence-electron chi connectivity index (χ0n) is 17.5. The summed E-state index contributed by atoms with van der Waals surface area (Å²) in [4.78, 5) is 8.44. The molecule has 0 radical (unpaired) electrons. The highest BCUT2D eigenvalue weighted by Gasteiger charge is 2.20. The molecule has 0 saturated carbocycles. The molecule has 1 saturated heterocycles. The summed E-state index contributed by atoms with van der Waals surface area (Å²) in [7, 11) is 0. The molecule has 1 aromatic heterocycles. The van der Waals surface area contributed by atoms with Gasteiger partial charge in [-0.05, 0) is 55.8 Å². The van der Waals surface area contributed by atoms with Crippen molar-refractivity contribution in [1.29, 1.82) is 0 Å². The Morgan fingerprint density at radius 3 is 2.59 bits per heavy atom. The minimum Gasteiger partial charge on any atom is -0.344 e. The molecular formula is C23H37N3O. The van der Waals surface area contributed by atoms with Gasteiger partial charge in [-0.3, -0.25) is 4.84 Å². The fourth-order valence-electron chi connectivity index (χ4n) is 4.24. The lowest BCUT2D eigenvalue weighted by Gasteiger charge is -2.32. The molecule has 0 amide bonds. The second-order valence-corrected chi connectivity index (χ2v) is 7.77. The van der Waals surface area contributed by atoms with Crippen LogP contribution in [-0.2, 0) is 11.4 Å².